The number of carbonyl (C=O) groups is 12. The van der Waals surface area contributed by atoms with E-state index >= 15 is 0 Å². The van der Waals surface area contributed by atoms with Gasteiger partial charge in [-0.3, -0.25) is 57.7 Å². The van der Waals surface area contributed by atoms with Crippen molar-refractivity contribution < 1.29 is 72.5 Å². The molecule has 0 aliphatic carbocycles. The SMILES string of the molecule is CC[C@@H](C)[C@@H](NC(=O)[C@@H](CCC(N)=O)NC(=O)[C@H](CO)NC(=O)[C@@H](NC(=O)[C@H](N)Cc1ccc(N)cc1)[C@@H](C)CC)C(=O)N[C@H](C(=O)N[C@@H](CO)C(=O)N[C@H]1C(=O)N[C@@H](C)C(=O)N[C@@H](CCCN=C(N)N)C(=O)N[C@@H]([C@@H](C)CC)C(=O)O[C@H]1C)[C@@H](C)CC. The van der Waals surface area contributed by atoms with Gasteiger partial charge in [0.05, 0.1) is 19.3 Å². The number of amides is 11. The molecule has 0 saturated carbocycles. The Hall–Kier alpha value is -8.19. The maximum Gasteiger partial charge on any atom is 0.329 e. The third kappa shape index (κ3) is 24.2. The molecule has 1 fully saturated rings. The predicted octanol–water partition coefficient (Wildman–Crippen LogP) is -4.56. The molecule has 0 spiro atoms. The molecule has 0 radical (unpaired) electrons. The summed E-state index contributed by atoms with van der Waals surface area (Å²) in [5.74, 6) is -13.8. The van der Waals surface area contributed by atoms with Crippen LogP contribution in [0.4, 0.5) is 5.69 Å². The Morgan fingerprint density at radius 2 is 1.09 bits per heavy atom. The Kier molecular flexibility index (Phi) is 32.3. The van der Waals surface area contributed by atoms with Crippen molar-refractivity contribution in [3.8, 4) is 0 Å². The first kappa shape index (κ1) is 75.9. The standard InChI is InChI=1S/C57H96N16O15/c1-11-27(5)41(69-47(78)35(59)24-33-17-19-34(58)20-18-33)52(83)67-38(25-74)50(81)66-37(21-22-40(60)76)49(80)70-43(29(7)13-3)54(85)71-42(28(6)12-2)53(84)68-39(26-75)51(82)73-45-32(10)88-56(87)44(30(8)14-4)72-48(79)36(16-15-23-63-57(61)62)65-46(77)31(9)64-55(45)86/h17-20,27-32,35-39,41-45,74-75H,11-16,21-26,58-59H2,1-10H3,(H2,60,76)(H,64,86)(H,65,77)(H,66,81)(H,67,83)(H,68,84)(H,69,78)(H,70,80)(H,71,85)(H,72,79)(H,73,82)(H4,61,62,63)/t27-,28-,29+,30-,31-,32-,35+,36-,37+,38-,39-,41-,42-,43+,44-,45+/m0/s1. The second kappa shape index (κ2) is 37.5. The Balaban J connectivity index is 2.40. The zero-order valence-corrected chi connectivity index (χ0v) is 52.1. The van der Waals surface area contributed by atoms with Gasteiger partial charge in [0.25, 0.3) is 0 Å². The quantitative estimate of drug-likeness (QED) is 0.0104. The number of cyclic esters (lactones) is 1. The summed E-state index contributed by atoms with van der Waals surface area (Å²) in [5, 5.41) is 46.0. The number of primary amides is 1. The smallest absolute Gasteiger partial charge is 0.329 e. The number of hydrogen-bond donors (Lipinski definition) is 17. The van der Waals surface area contributed by atoms with Crippen LogP contribution in [0.1, 0.15) is 126 Å². The van der Waals surface area contributed by atoms with Crippen LogP contribution in [0.5, 0.6) is 0 Å². The Labute approximate surface area is 513 Å². The molecule has 88 heavy (non-hydrogen) atoms. The van der Waals surface area contributed by atoms with Gasteiger partial charge in [0.15, 0.2) is 5.96 Å². The molecule has 16 atom stereocenters. The molecule has 1 heterocycles. The van der Waals surface area contributed by atoms with Gasteiger partial charge < -0.3 is 96.8 Å². The molecule has 1 aliphatic rings. The summed E-state index contributed by atoms with van der Waals surface area (Å²) in [6, 6.07) is -9.38. The monoisotopic (exact) mass is 1240 g/mol. The fourth-order valence-electron chi connectivity index (χ4n) is 8.94. The highest BCUT2D eigenvalue weighted by Gasteiger charge is 2.41. The average Bonchev–Trinajstić information content (AvgIpc) is 3.05. The van der Waals surface area contributed by atoms with E-state index < -0.39 is 193 Å². The summed E-state index contributed by atoms with van der Waals surface area (Å²) in [4.78, 5) is 169. The molecule has 11 amide bonds. The lowest BCUT2D eigenvalue weighted by molar-refractivity contribution is -0.157. The number of rotatable bonds is 33. The minimum atomic E-state index is -1.83. The molecule has 31 heteroatoms. The highest BCUT2D eigenvalue weighted by atomic mass is 16.5. The van der Waals surface area contributed by atoms with Crippen LogP contribution in [0.25, 0.3) is 0 Å². The van der Waals surface area contributed by atoms with E-state index in [0.717, 1.165) is 0 Å². The number of guanidine groups is 1. The van der Waals surface area contributed by atoms with Crippen molar-refractivity contribution in [2.75, 3.05) is 25.5 Å². The number of aliphatic hydroxyl groups excluding tert-OH is 2. The average molecular weight is 1250 g/mol. The molecule has 1 saturated heterocycles. The van der Waals surface area contributed by atoms with Crippen LogP contribution in [0.2, 0.25) is 0 Å². The second-order valence-electron chi connectivity index (χ2n) is 22.5. The summed E-state index contributed by atoms with van der Waals surface area (Å²) < 4.78 is 5.70. The number of hydrogen-bond acceptors (Lipinski definition) is 18. The fraction of sp³-hybridized carbons (Fsp3) is 0.667. The number of aliphatic imine (C=N–C) groups is 1. The molecule has 31 nitrogen and oxygen atoms in total. The number of esters is 1. The number of aliphatic hydroxyl groups is 2. The van der Waals surface area contributed by atoms with Gasteiger partial charge in [-0.2, -0.15) is 0 Å². The van der Waals surface area contributed by atoms with Crippen molar-refractivity contribution >= 4 is 82.6 Å². The zero-order chi connectivity index (χ0) is 66.7. The van der Waals surface area contributed by atoms with Gasteiger partial charge in [-0.25, -0.2) is 4.79 Å². The first-order valence-electron chi connectivity index (χ1n) is 29.8. The summed E-state index contributed by atoms with van der Waals surface area (Å²) in [6.07, 6.45) is -0.794. The predicted molar refractivity (Wildman–Crippen MR) is 323 cm³/mol. The van der Waals surface area contributed by atoms with Crippen molar-refractivity contribution in [1.82, 2.24) is 53.2 Å². The fourth-order valence-corrected chi connectivity index (χ4v) is 8.94. The molecular formula is C57H96N16O15. The first-order valence-corrected chi connectivity index (χ1v) is 29.8. The van der Waals surface area contributed by atoms with E-state index in [9.17, 15) is 67.7 Å². The number of nitrogens with one attached hydrogen (secondary N) is 10. The van der Waals surface area contributed by atoms with Gasteiger partial charge in [-0.15, -0.1) is 0 Å². The van der Waals surface area contributed by atoms with Crippen LogP contribution >= 0.6 is 0 Å². The molecule has 0 unspecified atom stereocenters. The van der Waals surface area contributed by atoms with Crippen LogP contribution in [-0.2, 0) is 68.7 Å². The van der Waals surface area contributed by atoms with Crippen LogP contribution in [-0.4, -0.2) is 179 Å². The summed E-state index contributed by atoms with van der Waals surface area (Å²) >= 11 is 0. The van der Waals surface area contributed by atoms with Crippen LogP contribution in [0, 0.1) is 23.7 Å². The van der Waals surface area contributed by atoms with Gasteiger partial charge >= 0.3 is 5.97 Å². The molecular weight excluding hydrogens is 1150 g/mol. The summed E-state index contributed by atoms with van der Waals surface area (Å²) in [5.41, 5.74) is 29.5. The van der Waals surface area contributed by atoms with E-state index in [1.807, 2.05) is 0 Å². The molecule has 1 aliphatic heterocycles. The molecule has 1 aromatic carbocycles. The van der Waals surface area contributed by atoms with E-state index in [1.165, 1.54) is 13.8 Å². The van der Waals surface area contributed by atoms with E-state index in [-0.39, 0.29) is 44.6 Å². The van der Waals surface area contributed by atoms with E-state index in [1.54, 1.807) is 79.7 Å². The number of carbonyl (C=O) groups excluding carboxylic acids is 12. The molecule has 2 rings (SSSR count). The molecule has 1 aromatic rings. The van der Waals surface area contributed by atoms with E-state index in [2.05, 4.69) is 58.2 Å². The van der Waals surface area contributed by atoms with Crippen molar-refractivity contribution in [2.24, 2.45) is 51.6 Å². The topological polar surface area (TPSA) is 517 Å². The first-order chi connectivity index (χ1) is 41.4. The van der Waals surface area contributed by atoms with Gasteiger partial charge in [0.2, 0.25) is 65.0 Å². The third-order valence-electron chi connectivity index (χ3n) is 15.5. The van der Waals surface area contributed by atoms with Gasteiger partial charge in [-0.05, 0) is 80.9 Å². The molecule has 0 aromatic heterocycles. The van der Waals surface area contributed by atoms with Gasteiger partial charge in [0, 0.05) is 18.7 Å². The third-order valence-corrected chi connectivity index (χ3v) is 15.5. The lowest BCUT2D eigenvalue weighted by Crippen LogP contribution is -2.63. The number of benzene rings is 1. The summed E-state index contributed by atoms with van der Waals surface area (Å²) in [6.45, 7) is 14.0. The Morgan fingerprint density at radius 3 is 1.58 bits per heavy atom. The number of nitrogen functional groups attached to an aromatic ring is 1. The molecule has 494 valence electrons. The lowest BCUT2D eigenvalue weighted by atomic mass is 9.94. The van der Waals surface area contributed by atoms with E-state index in [0.29, 0.717) is 24.1 Å². The molecule has 0 bridgehead atoms. The lowest BCUT2D eigenvalue weighted by Gasteiger charge is -2.31. The van der Waals surface area contributed by atoms with Gasteiger partial charge in [-0.1, -0.05) is 93.2 Å². The summed E-state index contributed by atoms with van der Waals surface area (Å²) in [7, 11) is 0. The second-order valence-corrected chi connectivity index (χ2v) is 22.5. The number of nitrogens with two attached hydrogens (primary N) is 5. The van der Waals surface area contributed by atoms with Crippen molar-refractivity contribution in [3.05, 3.63) is 29.8 Å². The maximum atomic E-state index is 14.4. The van der Waals surface area contributed by atoms with Crippen molar-refractivity contribution in [1.29, 1.82) is 0 Å². The molecule has 22 N–H and O–H groups in total. The Bertz CT molecular complexity index is 2590. The Morgan fingerprint density at radius 1 is 0.614 bits per heavy atom. The highest BCUT2D eigenvalue weighted by Crippen LogP contribution is 2.17. The van der Waals surface area contributed by atoms with Crippen molar-refractivity contribution in [3.63, 3.8) is 0 Å². The van der Waals surface area contributed by atoms with Crippen molar-refractivity contribution in [2.45, 2.75) is 200 Å². The van der Waals surface area contributed by atoms with Gasteiger partial charge in [0.1, 0.15) is 66.5 Å². The minimum Gasteiger partial charge on any atom is -0.458 e. The normalized spacial score (nSPS) is 21.0. The van der Waals surface area contributed by atoms with Crippen LogP contribution in [0.3, 0.4) is 0 Å². The van der Waals surface area contributed by atoms with E-state index in [4.69, 9.17) is 33.4 Å². The number of nitrogens with zero attached hydrogens (tertiary/aromatic N) is 1. The number of anilines is 1. The number of ether oxygens (including phenoxy) is 1. The largest absolute Gasteiger partial charge is 0.458 e. The minimum absolute atomic E-state index is 0.0210. The zero-order valence-electron chi connectivity index (χ0n) is 52.1. The highest BCUT2D eigenvalue weighted by molar-refractivity contribution is 5.99. The maximum absolute atomic E-state index is 14.4. The van der Waals surface area contributed by atoms with Crippen LogP contribution in [0.15, 0.2) is 29.3 Å². The van der Waals surface area contributed by atoms with Crippen LogP contribution < -0.4 is 81.8 Å².